The number of nitrogens with zero attached hydrogens (tertiary/aromatic N) is 5. The summed E-state index contributed by atoms with van der Waals surface area (Å²) in [6.07, 6.45) is 9.42. The first-order valence-electron chi connectivity index (χ1n) is 25.4. The molecule has 0 N–H and O–H groups in total. The summed E-state index contributed by atoms with van der Waals surface area (Å²) in [5.74, 6) is 1.97. The molecule has 3 aromatic heterocycles. The molecule has 5 heteroatoms. The van der Waals surface area contributed by atoms with Gasteiger partial charge in [-0.2, -0.15) is 9.97 Å². The second-order valence-electron chi connectivity index (χ2n) is 19.1. The molecule has 3 heterocycles. The molecule has 0 fully saturated rings. The Kier molecular flexibility index (Phi) is 10.6. The molecule has 1 aliphatic carbocycles. The van der Waals surface area contributed by atoms with Crippen LogP contribution >= 0.6 is 0 Å². The van der Waals surface area contributed by atoms with Crippen molar-refractivity contribution in [2.45, 2.75) is 12.3 Å². The number of allylic oxidation sites excluding steroid dienone is 4. The summed E-state index contributed by atoms with van der Waals surface area (Å²) < 4.78 is 4.77. The molecule has 14 rings (SSSR count). The Morgan fingerprint density at radius 3 is 1.42 bits per heavy atom. The van der Waals surface area contributed by atoms with E-state index in [0.29, 0.717) is 11.8 Å². The molecule has 74 heavy (non-hydrogen) atoms. The monoisotopic (exact) mass is 945 g/mol. The number of benzene rings is 10. The maximum Gasteiger partial charge on any atom is 0.238 e. The molecule has 348 valence electrons. The normalized spacial score (nSPS) is 13.4. The number of rotatable bonds is 9. The Balaban J connectivity index is 0.948. The standard InChI is InChI=1S/C69H47N5/c1-4-19-46(20-5-1)51-25-16-26-52(43-51)48-37-39-49(40-38-48)53-27-17-29-55(44-53)57-31-10-13-34-62(57)73-63-35-14-11-32-58(63)60-41-42-61-59-33-12-15-36-64(59)74(66(61)65(60)73)69-71-67(50-23-8-3-9-24-50)70-68(72-69)56-30-18-28-54(45-56)47-21-6-2-7-22-47/h1-23,25-45,50H,24H2. The highest BCUT2D eigenvalue weighted by Gasteiger charge is 2.25. The van der Waals surface area contributed by atoms with Crippen molar-refractivity contribution in [1.82, 2.24) is 24.1 Å². The topological polar surface area (TPSA) is 48.5 Å². The average Bonchev–Trinajstić information content (AvgIpc) is 4.02. The number of aromatic nitrogens is 5. The molecule has 1 unspecified atom stereocenters. The van der Waals surface area contributed by atoms with Gasteiger partial charge in [0.2, 0.25) is 5.95 Å². The first kappa shape index (κ1) is 43.1. The van der Waals surface area contributed by atoms with Crippen molar-refractivity contribution in [3.63, 3.8) is 0 Å². The zero-order chi connectivity index (χ0) is 49.0. The lowest BCUT2D eigenvalue weighted by atomic mass is 9.95. The van der Waals surface area contributed by atoms with E-state index in [4.69, 9.17) is 15.0 Å². The largest absolute Gasteiger partial charge is 0.307 e. The van der Waals surface area contributed by atoms with Crippen molar-refractivity contribution in [2.24, 2.45) is 0 Å². The van der Waals surface area contributed by atoms with Crippen molar-refractivity contribution in [3.8, 4) is 78.7 Å². The molecule has 0 spiro atoms. The van der Waals surface area contributed by atoms with E-state index in [9.17, 15) is 0 Å². The first-order chi connectivity index (χ1) is 36.7. The number of hydrogen-bond donors (Lipinski definition) is 0. The average molecular weight is 946 g/mol. The van der Waals surface area contributed by atoms with Crippen LogP contribution in [0.3, 0.4) is 0 Å². The maximum absolute atomic E-state index is 5.47. The van der Waals surface area contributed by atoms with Crippen LogP contribution in [0.1, 0.15) is 18.2 Å². The molecule has 0 radical (unpaired) electrons. The Labute approximate surface area is 429 Å². The SMILES string of the molecule is C1=CCC(c2nc(-c3cccc(-c4ccccc4)c3)nc(-n3c4ccccc4c4ccc5c6ccccc6n(-c6ccccc6-c6cccc(-c7ccc(-c8cccc(-c9ccccc9)c8)cc7)c6)c5c43)n2)C=C1. The third-order valence-corrected chi connectivity index (χ3v) is 14.7. The lowest BCUT2D eigenvalue weighted by molar-refractivity contribution is 0.750. The van der Waals surface area contributed by atoms with E-state index in [2.05, 4.69) is 276 Å². The first-order valence-corrected chi connectivity index (χ1v) is 25.4. The van der Waals surface area contributed by atoms with Gasteiger partial charge in [0.25, 0.3) is 0 Å². The summed E-state index contributed by atoms with van der Waals surface area (Å²) in [7, 11) is 0. The molecule has 0 amide bonds. The molecular weight excluding hydrogens is 899 g/mol. The zero-order valence-corrected chi connectivity index (χ0v) is 40.4. The van der Waals surface area contributed by atoms with Gasteiger partial charge in [-0.1, -0.05) is 231 Å². The van der Waals surface area contributed by atoms with Gasteiger partial charge in [0, 0.05) is 38.6 Å². The van der Waals surface area contributed by atoms with E-state index in [1.807, 2.05) is 0 Å². The molecular formula is C69H47N5. The highest BCUT2D eigenvalue weighted by Crippen LogP contribution is 2.44. The van der Waals surface area contributed by atoms with E-state index in [1.54, 1.807) is 0 Å². The van der Waals surface area contributed by atoms with Gasteiger partial charge in [-0.25, -0.2) is 4.98 Å². The fourth-order valence-corrected chi connectivity index (χ4v) is 11.1. The number of fused-ring (bicyclic) bond motifs is 7. The van der Waals surface area contributed by atoms with Crippen molar-refractivity contribution >= 4 is 43.6 Å². The second kappa shape index (κ2) is 18.2. The summed E-state index contributed by atoms with van der Waals surface area (Å²) in [5, 5.41) is 4.59. The molecule has 10 aromatic carbocycles. The van der Waals surface area contributed by atoms with E-state index in [0.717, 1.165) is 95.1 Å². The fraction of sp³-hybridized carbons (Fsp3) is 0.0290. The molecule has 0 bridgehead atoms. The van der Waals surface area contributed by atoms with Gasteiger partial charge in [-0.05, 0) is 92.9 Å². The number of hydrogen-bond acceptors (Lipinski definition) is 3. The minimum Gasteiger partial charge on any atom is -0.307 e. The fourth-order valence-electron chi connectivity index (χ4n) is 11.1. The molecule has 1 atom stereocenters. The maximum atomic E-state index is 5.47. The van der Waals surface area contributed by atoms with Crippen LogP contribution in [-0.4, -0.2) is 24.1 Å². The zero-order valence-electron chi connectivity index (χ0n) is 40.4. The van der Waals surface area contributed by atoms with Gasteiger partial charge in [0.1, 0.15) is 5.82 Å². The smallest absolute Gasteiger partial charge is 0.238 e. The summed E-state index contributed by atoms with van der Waals surface area (Å²) in [4.78, 5) is 16.2. The van der Waals surface area contributed by atoms with Crippen LogP contribution in [0, 0.1) is 0 Å². The van der Waals surface area contributed by atoms with Crippen molar-refractivity contribution in [2.75, 3.05) is 0 Å². The molecule has 5 nitrogen and oxygen atoms in total. The minimum absolute atomic E-state index is 0.00468. The van der Waals surface area contributed by atoms with Gasteiger partial charge in [0.15, 0.2) is 5.82 Å². The minimum atomic E-state index is -0.00468. The molecule has 0 aliphatic heterocycles. The third kappa shape index (κ3) is 7.53. The molecule has 1 aliphatic rings. The van der Waals surface area contributed by atoms with Crippen molar-refractivity contribution in [3.05, 3.63) is 273 Å². The quantitative estimate of drug-likeness (QED) is 0.145. The Morgan fingerprint density at radius 2 is 0.811 bits per heavy atom. The van der Waals surface area contributed by atoms with Crippen molar-refractivity contribution in [1.29, 1.82) is 0 Å². The van der Waals surface area contributed by atoms with Crippen molar-refractivity contribution < 1.29 is 0 Å². The Bertz CT molecular complexity index is 4330. The molecule has 0 saturated heterocycles. The van der Waals surface area contributed by atoms with E-state index in [-0.39, 0.29) is 5.92 Å². The van der Waals surface area contributed by atoms with Gasteiger partial charge in [-0.15, -0.1) is 0 Å². The second-order valence-corrected chi connectivity index (χ2v) is 19.1. The van der Waals surface area contributed by atoms with Crippen LogP contribution < -0.4 is 0 Å². The predicted octanol–water partition coefficient (Wildman–Crippen LogP) is 17.7. The summed E-state index contributed by atoms with van der Waals surface area (Å²) in [6, 6.07) is 87.3. The van der Waals surface area contributed by atoms with Crippen LogP contribution in [0.4, 0.5) is 0 Å². The van der Waals surface area contributed by atoms with Gasteiger partial charge >= 0.3 is 0 Å². The molecule has 0 saturated carbocycles. The van der Waals surface area contributed by atoms with Crippen LogP contribution in [0.2, 0.25) is 0 Å². The van der Waals surface area contributed by atoms with E-state index < -0.39 is 0 Å². The highest BCUT2D eigenvalue weighted by molar-refractivity contribution is 6.24. The van der Waals surface area contributed by atoms with Crippen LogP contribution in [0.5, 0.6) is 0 Å². The Morgan fingerprint density at radius 1 is 0.338 bits per heavy atom. The van der Waals surface area contributed by atoms with E-state index in [1.165, 1.54) is 27.6 Å². The highest BCUT2D eigenvalue weighted by atomic mass is 15.2. The predicted molar refractivity (Wildman–Crippen MR) is 307 cm³/mol. The Hall–Kier alpha value is -9.71. The van der Waals surface area contributed by atoms with Crippen LogP contribution in [0.15, 0.2) is 267 Å². The molecule has 13 aromatic rings. The van der Waals surface area contributed by atoms with Gasteiger partial charge in [-0.3, -0.25) is 4.57 Å². The number of para-hydroxylation sites is 3. The summed E-state index contributed by atoms with van der Waals surface area (Å²) >= 11 is 0. The lowest BCUT2D eigenvalue weighted by Crippen LogP contribution is -2.11. The van der Waals surface area contributed by atoms with E-state index >= 15 is 0 Å². The van der Waals surface area contributed by atoms with Crippen LogP contribution in [0.25, 0.3) is 122 Å². The van der Waals surface area contributed by atoms with Gasteiger partial charge < -0.3 is 4.57 Å². The summed E-state index contributed by atoms with van der Waals surface area (Å²) in [5.41, 5.74) is 18.0. The van der Waals surface area contributed by atoms with Crippen LogP contribution in [-0.2, 0) is 0 Å². The van der Waals surface area contributed by atoms with Gasteiger partial charge in [0.05, 0.1) is 27.8 Å². The third-order valence-electron chi connectivity index (χ3n) is 14.7. The summed E-state index contributed by atoms with van der Waals surface area (Å²) in [6.45, 7) is 0. The lowest BCUT2D eigenvalue weighted by Gasteiger charge is -2.17.